The Morgan fingerprint density at radius 1 is 1.20 bits per heavy atom. The molecule has 1 saturated heterocycles. The van der Waals surface area contributed by atoms with Crippen LogP contribution in [0.3, 0.4) is 0 Å². The van der Waals surface area contributed by atoms with Gasteiger partial charge in [-0.05, 0) is 69.2 Å². The van der Waals surface area contributed by atoms with Crippen LogP contribution in [0.5, 0.6) is 5.75 Å². The second-order valence-corrected chi connectivity index (χ2v) is 7.95. The second kappa shape index (κ2) is 8.22. The molecule has 0 bridgehead atoms. The monoisotopic (exact) mass is 344 g/mol. The van der Waals surface area contributed by atoms with Gasteiger partial charge in [0.25, 0.3) is 5.91 Å². The molecule has 2 unspecified atom stereocenters. The van der Waals surface area contributed by atoms with Crippen molar-refractivity contribution in [1.29, 1.82) is 0 Å². The number of carbonyl (C=O) groups is 1. The van der Waals surface area contributed by atoms with E-state index in [-0.39, 0.29) is 11.9 Å². The van der Waals surface area contributed by atoms with E-state index in [1.807, 2.05) is 45.2 Å². The van der Waals surface area contributed by atoms with E-state index < -0.39 is 0 Å². The van der Waals surface area contributed by atoms with Gasteiger partial charge < -0.3 is 14.5 Å². The van der Waals surface area contributed by atoms with Crippen LogP contribution in [0, 0.1) is 11.8 Å². The molecule has 1 aromatic rings. The van der Waals surface area contributed by atoms with Gasteiger partial charge >= 0.3 is 0 Å². The van der Waals surface area contributed by atoms with E-state index in [0.717, 1.165) is 37.2 Å². The van der Waals surface area contributed by atoms with E-state index in [1.165, 1.54) is 32.4 Å². The van der Waals surface area contributed by atoms with Crippen LogP contribution >= 0.6 is 0 Å². The Morgan fingerprint density at radius 3 is 2.44 bits per heavy atom. The van der Waals surface area contributed by atoms with Crippen molar-refractivity contribution in [3.8, 4) is 5.75 Å². The van der Waals surface area contributed by atoms with Crippen molar-refractivity contribution < 1.29 is 9.53 Å². The van der Waals surface area contributed by atoms with Gasteiger partial charge in [-0.25, -0.2) is 0 Å². The predicted octanol–water partition coefficient (Wildman–Crippen LogP) is 3.67. The maximum Gasteiger partial charge on any atom is 0.253 e. The topological polar surface area (TPSA) is 32.8 Å². The third-order valence-electron chi connectivity index (χ3n) is 5.89. The van der Waals surface area contributed by atoms with Crippen LogP contribution in [0.1, 0.15) is 49.9 Å². The Morgan fingerprint density at radius 2 is 1.84 bits per heavy atom. The Balaban J connectivity index is 1.38. The number of benzene rings is 1. The lowest BCUT2D eigenvalue weighted by Crippen LogP contribution is -2.32. The smallest absolute Gasteiger partial charge is 0.253 e. The number of ether oxygens (including phenoxy) is 1. The highest BCUT2D eigenvalue weighted by Crippen LogP contribution is 2.37. The quantitative estimate of drug-likeness (QED) is 0.708. The van der Waals surface area contributed by atoms with E-state index in [9.17, 15) is 4.79 Å². The molecule has 2 aliphatic rings. The Labute approximate surface area is 152 Å². The summed E-state index contributed by atoms with van der Waals surface area (Å²) in [6.07, 6.45) is 5.39. The largest absolute Gasteiger partial charge is 0.494 e. The lowest BCUT2D eigenvalue weighted by Gasteiger charge is -2.21. The lowest BCUT2D eigenvalue weighted by atomic mass is 10.0. The van der Waals surface area contributed by atoms with Crippen molar-refractivity contribution in [1.82, 2.24) is 9.80 Å². The molecule has 4 heteroatoms. The molecule has 2 fully saturated rings. The number of amides is 1. The number of carbonyl (C=O) groups excluding carboxylic acids is 1. The molecule has 1 heterocycles. The second-order valence-electron chi connectivity index (χ2n) is 7.95. The van der Waals surface area contributed by atoms with Gasteiger partial charge in [0.2, 0.25) is 0 Å². The minimum atomic E-state index is 0.0566. The summed E-state index contributed by atoms with van der Waals surface area (Å²) in [7, 11) is 1.84. The van der Waals surface area contributed by atoms with Gasteiger partial charge in [-0.15, -0.1) is 0 Å². The number of hydrogen-bond donors (Lipinski definition) is 0. The molecule has 1 aliphatic heterocycles. The van der Waals surface area contributed by atoms with Gasteiger partial charge in [-0.3, -0.25) is 4.79 Å². The maximum absolute atomic E-state index is 12.3. The van der Waals surface area contributed by atoms with Crippen LogP contribution in [-0.4, -0.2) is 55.0 Å². The molecule has 1 aliphatic carbocycles. The van der Waals surface area contributed by atoms with Gasteiger partial charge in [0.1, 0.15) is 5.75 Å². The summed E-state index contributed by atoms with van der Waals surface area (Å²) in [5.74, 6) is 2.84. The zero-order chi connectivity index (χ0) is 17.8. The first-order valence-corrected chi connectivity index (χ1v) is 9.77. The molecule has 2 atom stereocenters. The van der Waals surface area contributed by atoms with Gasteiger partial charge in [-0.1, -0.05) is 6.42 Å². The Hall–Kier alpha value is -1.55. The summed E-state index contributed by atoms with van der Waals surface area (Å²) in [5, 5.41) is 0. The van der Waals surface area contributed by atoms with Crippen LogP contribution in [0.15, 0.2) is 24.3 Å². The van der Waals surface area contributed by atoms with Crippen molar-refractivity contribution in [3.05, 3.63) is 29.8 Å². The van der Waals surface area contributed by atoms with Gasteiger partial charge in [0, 0.05) is 38.3 Å². The fraction of sp³-hybridized carbons (Fsp3) is 0.667. The summed E-state index contributed by atoms with van der Waals surface area (Å²) >= 11 is 0. The third-order valence-corrected chi connectivity index (χ3v) is 5.89. The van der Waals surface area contributed by atoms with Crippen molar-refractivity contribution in [2.24, 2.45) is 11.8 Å². The first kappa shape index (κ1) is 18.2. The highest BCUT2D eigenvalue weighted by Gasteiger charge is 2.35. The number of likely N-dealkylation sites (tertiary alicyclic amines) is 1. The molecule has 0 aromatic heterocycles. The molecular weight excluding hydrogens is 312 g/mol. The zero-order valence-corrected chi connectivity index (χ0v) is 15.9. The van der Waals surface area contributed by atoms with Crippen LogP contribution < -0.4 is 4.74 Å². The van der Waals surface area contributed by atoms with Crippen molar-refractivity contribution in [3.63, 3.8) is 0 Å². The number of nitrogens with zero attached hydrogens (tertiary/aromatic N) is 2. The van der Waals surface area contributed by atoms with Crippen molar-refractivity contribution >= 4 is 5.91 Å². The fourth-order valence-corrected chi connectivity index (χ4v) is 4.12. The SMILES string of the molecule is CC(C)N(C)C(=O)c1ccc(OCCCN2CC3CCCC3C2)cc1. The van der Waals surface area contributed by atoms with Crippen LogP contribution in [0.25, 0.3) is 0 Å². The number of rotatable bonds is 7. The van der Waals surface area contributed by atoms with E-state index in [1.54, 1.807) is 4.90 Å². The zero-order valence-electron chi connectivity index (χ0n) is 15.9. The van der Waals surface area contributed by atoms with E-state index in [4.69, 9.17) is 4.74 Å². The van der Waals surface area contributed by atoms with Gasteiger partial charge in [0.05, 0.1) is 6.61 Å². The Bertz CT molecular complexity index is 558. The van der Waals surface area contributed by atoms with E-state index in [0.29, 0.717) is 5.56 Å². The molecule has 0 radical (unpaired) electrons. The van der Waals surface area contributed by atoms with Crippen molar-refractivity contribution in [2.45, 2.75) is 45.6 Å². The first-order valence-electron chi connectivity index (χ1n) is 9.77. The summed E-state index contributed by atoms with van der Waals surface area (Å²) in [5.41, 5.74) is 0.715. The number of fused-ring (bicyclic) bond motifs is 1. The molecule has 1 saturated carbocycles. The maximum atomic E-state index is 12.3. The van der Waals surface area contributed by atoms with Crippen molar-refractivity contribution in [2.75, 3.05) is 33.3 Å². The standard InChI is InChI=1S/C21H32N2O2/c1-16(2)22(3)21(24)17-8-10-20(11-9-17)25-13-5-12-23-14-18-6-4-7-19(18)15-23/h8-11,16,18-19H,4-7,12-15H2,1-3H3. The molecule has 0 spiro atoms. The minimum Gasteiger partial charge on any atom is -0.494 e. The van der Waals surface area contributed by atoms with Gasteiger partial charge in [0.15, 0.2) is 0 Å². The summed E-state index contributed by atoms with van der Waals surface area (Å²) in [4.78, 5) is 16.6. The van der Waals surface area contributed by atoms with Gasteiger partial charge in [-0.2, -0.15) is 0 Å². The van der Waals surface area contributed by atoms with E-state index >= 15 is 0 Å². The molecule has 0 N–H and O–H groups in total. The van der Waals surface area contributed by atoms with Crippen LogP contribution in [-0.2, 0) is 0 Å². The fourth-order valence-electron chi connectivity index (χ4n) is 4.12. The molecule has 4 nitrogen and oxygen atoms in total. The highest BCUT2D eigenvalue weighted by molar-refractivity contribution is 5.94. The normalized spacial score (nSPS) is 23.0. The Kier molecular flexibility index (Phi) is 6.00. The molecular formula is C21H32N2O2. The molecule has 138 valence electrons. The van der Waals surface area contributed by atoms with E-state index in [2.05, 4.69) is 4.90 Å². The summed E-state index contributed by atoms with van der Waals surface area (Å²) in [6, 6.07) is 7.73. The van der Waals surface area contributed by atoms with Crippen LogP contribution in [0.2, 0.25) is 0 Å². The predicted molar refractivity (Wildman–Crippen MR) is 101 cm³/mol. The average Bonchev–Trinajstić information content (AvgIpc) is 3.19. The first-order chi connectivity index (χ1) is 12.0. The summed E-state index contributed by atoms with van der Waals surface area (Å²) in [6.45, 7) is 8.51. The third kappa shape index (κ3) is 4.55. The lowest BCUT2D eigenvalue weighted by molar-refractivity contribution is 0.0755. The minimum absolute atomic E-state index is 0.0566. The average molecular weight is 344 g/mol. The van der Waals surface area contributed by atoms with Crippen LogP contribution in [0.4, 0.5) is 0 Å². The molecule has 25 heavy (non-hydrogen) atoms. The highest BCUT2D eigenvalue weighted by atomic mass is 16.5. The molecule has 3 rings (SSSR count). The number of hydrogen-bond acceptors (Lipinski definition) is 3. The molecule has 1 amide bonds. The summed E-state index contributed by atoms with van der Waals surface area (Å²) < 4.78 is 5.85. The molecule has 1 aromatic carbocycles.